The first-order chi connectivity index (χ1) is 15.9. The number of halogens is 1. The summed E-state index contributed by atoms with van der Waals surface area (Å²) in [7, 11) is -1.28. The van der Waals surface area contributed by atoms with Gasteiger partial charge in [0.15, 0.2) is 9.84 Å². The normalized spacial score (nSPS) is 22.3. The first-order valence-corrected chi connectivity index (χ1v) is 13.8. The summed E-state index contributed by atoms with van der Waals surface area (Å²) < 4.78 is 25.0. The molecule has 3 aromatic rings. The van der Waals surface area contributed by atoms with Gasteiger partial charge in [-0.2, -0.15) is 0 Å². The number of rotatable bonds is 4. The maximum Gasteiger partial charge on any atom is 0.185 e. The lowest BCUT2D eigenvalue weighted by Crippen LogP contribution is -2.43. The van der Waals surface area contributed by atoms with Crippen LogP contribution in [0.4, 0.5) is 0 Å². The fraction of sp³-hybridized carbons (Fsp3) is 0.440. The number of nitrogens with one attached hydrogen (secondary N) is 1. The largest absolute Gasteiger partial charge is 0.361 e. The van der Waals surface area contributed by atoms with E-state index in [0.717, 1.165) is 6.54 Å². The van der Waals surface area contributed by atoms with E-state index in [4.69, 9.17) is 0 Å². The van der Waals surface area contributed by atoms with Gasteiger partial charge in [0.25, 0.3) is 0 Å². The molecule has 1 N–H and O–H groups in total. The van der Waals surface area contributed by atoms with Crippen LogP contribution in [-0.4, -0.2) is 67.8 Å². The van der Waals surface area contributed by atoms with Crippen molar-refractivity contribution in [2.45, 2.75) is 42.1 Å². The number of benzene rings is 2. The Morgan fingerprint density at radius 1 is 1.00 bits per heavy atom. The molecular weight excluding hydrogens is 502 g/mol. The summed E-state index contributed by atoms with van der Waals surface area (Å²) in [5.74, 6) is 0. The van der Waals surface area contributed by atoms with Crippen LogP contribution in [0.15, 0.2) is 64.1 Å². The molecule has 5 rings (SSSR count). The fourth-order valence-electron chi connectivity index (χ4n) is 4.59. The lowest BCUT2D eigenvalue weighted by molar-refractivity contribution is 0.0977. The highest BCUT2D eigenvalue weighted by Crippen LogP contribution is 2.33. The summed E-state index contributed by atoms with van der Waals surface area (Å²) in [6.45, 7) is 5.79. The number of aromatic amines is 1. The van der Waals surface area contributed by atoms with Gasteiger partial charge in [-0.25, -0.2) is 13.5 Å². The van der Waals surface area contributed by atoms with Crippen molar-refractivity contribution >= 4 is 36.7 Å². The monoisotopic (exact) mass is 532 g/mol. The van der Waals surface area contributed by atoms with Gasteiger partial charge in [0, 0.05) is 54.3 Å². The Morgan fingerprint density at radius 3 is 2.39 bits per heavy atom. The summed E-state index contributed by atoms with van der Waals surface area (Å²) in [4.78, 5) is 8.52. The summed E-state index contributed by atoms with van der Waals surface area (Å²) >= 11 is 3.22. The van der Waals surface area contributed by atoms with Crippen LogP contribution in [0.5, 0.6) is 0 Å². The van der Waals surface area contributed by atoms with Crippen molar-refractivity contribution in [3.63, 3.8) is 0 Å². The molecular formula is C25H31BrN3O3S. The second kappa shape index (κ2) is 10.7. The number of nitrogens with zero attached hydrogens (tertiary/aromatic N) is 2. The Morgan fingerprint density at radius 2 is 1.70 bits per heavy atom. The summed E-state index contributed by atoms with van der Waals surface area (Å²) in [5.41, 5.74) is 2.67. The average molecular weight is 534 g/mol. The maximum absolute atomic E-state index is 12.2. The second-order valence-corrected chi connectivity index (χ2v) is 11.9. The van der Waals surface area contributed by atoms with E-state index < -0.39 is 21.2 Å². The Balaban J connectivity index is 0.000000157. The minimum atomic E-state index is -3.48. The van der Waals surface area contributed by atoms with E-state index in [1.54, 1.807) is 24.3 Å². The smallest absolute Gasteiger partial charge is 0.185 e. The molecule has 6 nitrogen and oxygen atoms in total. The van der Waals surface area contributed by atoms with Gasteiger partial charge in [0.05, 0.1) is 10.1 Å². The number of para-hydroxylation sites is 1. The third-order valence-electron chi connectivity index (χ3n) is 6.60. The molecule has 2 aliphatic rings. The lowest BCUT2D eigenvalue weighted by Gasteiger charge is -2.32. The number of hydrogen-bond acceptors (Lipinski definition) is 4. The van der Waals surface area contributed by atoms with Gasteiger partial charge in [-0.3, -0.25) is 4.90 Å². The quantitative estimate of drug-likeness (QED) is 0.537. The first-order valence-electron chi connectivity index (χ1n) is 11.5. The fourth-order valence-corrected chi connectivity index (χ4v) is 7.50. The molecule has 177 valence electrons. The van der Waals surface area contributed by atoms with Crippen molar-refractivity contribution in [2.24, 2.45) is 0 Å². The Labute approximate surface area is 204 Å². The van der Waals surface area contributed by atoms with Gasteiger partial charge >= 0.3 is 0 Å². The second-order valence-electron chi connectivity index (χ2n) is 8.92. The molecule has 2 fully saturated rings. The molecule has 1 radical (unpaired) electrons. The standard InChI is InChI=1S/C14H19N3.C11H12BrO3S/c1-16-6-8-17(9-7-16)11-12-10-15-14-5-3-2-4-13(12)14;12-8-4-1-2-6-10(8)16(14,15)11-7-3-5-9(11)13/h2-5,10,15H,6-9,11H2,1H3;1-2,4,6,9,11H,3,5,7H2. The summed E-state index contributed by atoms with van der Waals surface area (Å²) in [6, 6.07) is 15.2. The van der Waals surface area contributed by atoms with Crippen molar-refractivity contribution in [2.75, 3.05) is 33.2 Å². The number of sulfone groups is 1. The highest BCUT2D eigenvalue weighted by Gasteiger charge is 2.39. The Kier molecular flexibility index (Phi) is 7.91. The average Bonchev–Trinajstić information content (AvgIpc) is 3.43. The summed E-state index contributed by atoms with van der Waals surface area (Å²) in [6.07, 6.45) is 2.84. The van der Waals surface area contributed by atoms with Gasteiger partial charge in [-0.05, 0) is 66.0 Å². The van der Waals surface area contributed by atoms with E-state index >= 15 is 0 Å². The molecule has 1 saturated carbocycles. The van der Waals surface area contributed by atoms with E-state index in [-0.39, 0.29) is 4.90 Å². The van der Waals surface area contributed by atoms with Gasteiger partial charge in [-0.15, -0.1) is 0 Å². The molecule has 8 heteroatoms. The molecule has 0 bridgehead atoms. The topological polar surface area (TPSA) is 76.3 Å². The number of hydrogen-bond donors (Lipinski definition) is 1. The molecule has 1 aliphatic heterocycles. The Hall–Kier alpha value is -1.71. The van der Waals surface area contributed by atoms with Gasteiger partial charge in [0.1, 0.15) is 6.10 Å². The van der Waals surface area contributed by atoms with Crippen molar-refractivity contribution in [3.8, 4) is 0 Å². The molecule has 1 saturated heterocycles. The minimum absolute atomic E-state index is 0.239. The lowest BCUT2D eigenvalue weighted by atomic mass is 10.1. The molecule has 0 spiro atoms. The van der Waals surface area contributed by atoms with Crippen molar-refractivity contribution in [3.05, 3.63) is 64.8 Å². The molecule has 2 aromatic carbocycles. The van der Waals surface area contributed by atoms with E-state index in [1.165, 1.54) is 42.6 Å². The van der Waals surface area contributed by atoms with Crippen LogP contribution < -0.4 is 0 Å². The predicted molar refractivity (Wildman–Crippen MR) is 135 cm³/mol. The molecule has 0 amide bonds. The maximum atomic E-state index is 12.2. The highest BCUT2D eigenvalue weighted by molar-refractivity contribution is 9.10. The van der Waals surface area contributed by atoms with E-state index in [2.05, 4.69) is 68.2 Å². The molecule has 2 atom stereocenters. The Bertz CT molecular complexity index is 1170. The van der Waals surface area contributed by atoms with Crippen molar-refractivity contribution in [1.82, 2.24) is 14.8 Å². The van der Waals surface area contributed by atoms with Crippen LogP contribution in [0.2, 0.25) is 0 Å². The number of H-pyrrole nitrogens is 1. The van der Waals surface area contributed by atoms with Gasteiger partial charge < -0.3 is 9.88 Å². The van der Waals surface area contributed by atoms with Crippen molar-refractivity contribution in [1.29, 1.82) is 0 Å². The predicted octanol–water partition coefficient (Wildman–Crippen LogP) is 4.49. The summed E-state index contributed by atoms with van der Waals surface area (Å²) in [5, 5.41) is 12.2. The molecule has 2 unspecified atom stereocenters. The van der Waals surface area contributed by atoms with E-state index in [9.17, 15) is 13.5 Å². The number of piperazine rings is 1. The number of likely N-dealkylation sites (N-methyl/N-ethyl adjacent to an activating group) is 1. The van der Waals surface area contributed by atoms with E-state index in [0.29, 0.717) is 23.7 Å². The molecule has 1 aromatic heterocycles. The number of fused-ring (bicyclic) bond motifs is 1. The molecule has 2 heterocycles. The highest BCUT2D eigenvalue weighted by atomic mass is 79.9. The minimum Gasteiger partial charge on any atom is -0.361 e. The zero-order valence-corrected chi connectivity index (χ0v) is 21.3. The zero-order chi connectivity index (χ0) is 23.4. The first kappa shape index (κ1) is 24.4. The van der Waals surface area contributed by atoms with Gasteiger partial charge in [0.2, 0.25) is 0 Å². The van der Waals surface area contributed by atoms with Crippen LogP contribution in [-0.2, 0) is 21.5 Å². The van der Waals surface area contributed by atoms with Crippen LogP contribution in [0.3, 0.4) is 0 Å². The third kappa shape index (κ3) is 5.69. The van der Waals surface area contributed by atoms with E-state index in [1.807, 2.05) is 0 Å². The molecule has 33 heavy (non-hydrogen) atoms. The van der Waals surface area contributed by atoms with Gasteiger partial charge in [-0.1, -0.05) is 30.3 Å². The molecule has 1 aliphatic carbocycles. The van der Waals surface area contributed by atoms with Crippen molar-refractivity contribution < 1.29 is 13.5 Å². The third-order valence-corrected chi connectivity index (χ3v) is 9.86. The van der Waals surface area contributed by atoms with Crippen LogP contribution in [0, 0.1) is 0 Å². The van der Waals surface area contributed by atoms with Crippen LogP contribution in [0.25, 0.3) is 10.9 Å². The number of aromatic nitrogens is 1. The van der Waals surface area contributed by atoms with Crippen LogP contribution in [0.1, 0.15) is 24.8 Å². The SMILES string of the molecule is CN1CCN(Cc2c[nH]c3ccccc23)CC1.[O]C1CCCC1S(=O)(=O)c1ccccc1Br. The zero-order valence-electron chi connectivity index (χ0n) is 18.9. The van der Waals surface area contributed by atoms with Crippen LogP contribution >= 0.6 is 15.9 Å².